The second-order valence-corrected chi connectivity index (χ2v) is 5.22. The van der Waals surface area contributed by atoms with Crippen molar-refractivity contribution in [3.05, 3.63) is 28.2 Å². The number of rotatable bonds is 6. The molecule has 0 aliphatic rings. The highest BCUT2D eigenvalue weighted by atomic mass is 79.9. The standard InChI is InChI=1S/C13H15BrF3NO2/c1-2-3-4-10(12(19)20)18-11-7-8(13(15,16)17)5-6-9(11)14/h5-7,10,18H,2-4H2,1H3,(H,19,20). The molecule has 0 saturated heterocycles. The molecule has 0 aliphatic heterocycles. The van der Waals surface area contributed by atoms with E-state index in [4.69, 9.17) is 5.11 Å². The van der Waals surface area contributed by atoms with E-state index in [0.717, 1.165) is 18.6 Å². The van der Waals surface area contributed by atoms with Crippen molar-refractivity contribution >= 4 is 27.6 Å². The number of benzene rings is 1. The van der Waals surface area contributed by atoms with Crippen LogP contribution in [0.25, 0.3) is 0 Å². The Hall–Kier alpha value is -1.24. The van der Waals surface area contributed by atoms with Gasteiger partial charge in [-0.3, -0.25) is 0 Å². The molecule has 1 aromatic carbocycles. The normalized spacial score (nSPS) is 13.1. The third-order valence-electron chi connectivity index (χ3n) is 2.77. The van der Waals surface area contributed by atoms with Crippen molar-refractivity contribution in [1.29, 1.82) is 0 Å². The van der Waals surface area contributed by atoms with Gasteiger partial charge in [-0.1, -0.05) is 19.8 Å². The number of aliphatic carboxylic acids is 1. The number of hydrogen-bond acceptors (Lipinski definition) is 2. The predicted octanol–water partition coefficient (Wildman–Crippen LogP) is 4.52. The summed E-state index contributed by atoms with van der Waals surface area (Å²) in [7, 11) is 0. The molecule has 3 nitrogen and oxygen atoms in total. The maximum absolute atomic E-state index is 12.6. The average molecular weight is 354 g/mol. The summed E-state index contributed by atoms with van der Waals surface area (Å²) in [6.45, 7) is 1.92. The smallest absolute Gasteiger partial charge is 0.416 e. The van der Waals surface area contributed by atoms with E-state index in [0.29, 0.717) is 17.3 Å². The van der Waals surface area contributed by atoms with Crippen LogP contribution in [0.1, 0.15) is 31.7 Å². The van der Waals surface area contributed by atoms with Crippen LogP contribution in [0.2, 0.25) is 0 Å². The van der Waals surface area contributed by atoms with Gasteiger partial charge in [0.2, 0.25) is 0 Å². The van der Waals surface area contributed by atoms with E-state index in [9.17, 15) is 18.0 Å². The molecule has 112 valence electrons. The first kappa shape index (κ1) is 16.8. The topological polar surface area (TPSA) is 49.3 Å². The number of nitrogens with one attached hydrogen (secondary N) is 1. The summed E-state index contributed by atoms with van der Waals surface area (Å²) in [5.74, 6) is -1.08. The second-order valence-electron chi connectivity index (χ2n) is 4.37. The first-order valence-electron chi connectivity index (χ1n) is 6.11. The molecule has 2 N–H and O–H groups in total. The first-order chi connectivity index (χ1) is 9.25. The second kappa shape index (κ2) is 6.97. The summed E-state index contributed by atoms with van der Waals surface area (Å²) in [6, 6.07) is 2.20. The average Bonchev–Trinajstić information content (AvgIpc) is 2.34. The number of carbonyl (C=O) groups is 1. The Morgan fingerprint density at radius 3 is 2.60 bits per heavy atom. The molecule has 0 fully saturated rings. The fraction of sp³-hybridized carbons (Fsp3) is 0.462. The highest BCUT2D eigenvalue weighted by molar-refractivity contribution is 9.10. The van der Waals surface area contributed by atoms with Crippen LogP contribution in [0.4, 0.5) is 18.9 Å². The predicted molar refractivity (Wildman–Crippen MR) is 73.7 cm³/mol. The molecule has 7 heteroatoms. The molecule has 1 unspecified atom stereocenters. The molecule has 0 aliphatic carbocycles. The quantitative estimate of drug-likeness (QED) is 0.790. The Labute approximate surface area is 123 Å². The Bertz CT molecular complexity index is 477. The van der Waals surface area contributed by atoms with Gasteiger partial charge in [0.15, 0.2) is 0 Å². The van der Waals surface area contributed by atoms with E-state index in [1.54, 1.807) is 0 Å². The minimum Gasteiger partial charge on any atom is -0.480 e. The van der Waals surface area contributed by atoms with Crippen LogP contribution in [0.5, 0.6) is 0 Å². The highest BCUT2D eigenvalue weighted by Crippen LogP contribution is 2.34. The number of carboxylic acids is 1. The Kier molecular flexibility index (Phi) is 5.86. The van der Waals surface area contributed by atoms with Gasteiger partial charge in [0.1, 0.15) is 6.04 Å². The van der Waals surface area contributed by atoms with Crippen LogP contribution in [-0.2, 0) is 11.0 Å². The Morgan fingerprint density at radius 2 is 2.10 bits per heavy atom. The van der Waals surface area contributed by atoms with E-state index < -0.39 is 23.8 Å². The van der Waals surface area contributed by atoms with Crippen molar-refractivity contribution in [2.75, 3.05) is 5.32 Å². The van der Waals surface area contributed by atoms with E-state index in [2.05, 4.69) is 21.2 Å². The van der Waals surface area contributed by atoms with Crippen molar-refractivity contribution in [2.24, 2.45) is 0 Å². The lowest BCUT2D eigenvalue weighted by Crippen LogP contribution is -2.29. The van der Waals surface area contributed by atoms with Crippen LogP contribution >= 0.6 is 15.9 Å². The fourth-order valence-electron chi connectivity index (χ4n) is 1.67. The molecule has 20 heavy (non-hydrogen) atoms. The molecule has 0 bridgehead atoms. The maximum atomic E-state index is 12.6. The van der Waals surface area contributed by atoms with Crippen LogP contribution in [0.15, 0.2) is 22.7 Å². The van der Waals surface area contributed by atoms with Crippen molar-refractivity contribution in [3.8, 4) is 0 Å². The zero-order chi connectivity index (χ0) is 15.3. The summed E-state index contributed by atoms with van der Waals surface area (Å²) in [6.07, 6.45) is -2.61. The van der Waals surface area contributed by atoms with E-state index >= 15 is 0 Å². The SMILES string of the molecule is CCCCC(Nc1cc(C(F)(F)F)ccc1Br)C(=O)O. The number of hydrogen-bond donors (Lipinski definition) is 2. The molecular weight excluding hydrogens is 339 g/mol. The third kappa shape index (κ3) is 4.70. The third-order valence-corrected chi connectivity index (χ3v) is 3.46. The Balaban J connectivity index is 2.97. The van der Waals surface area contributed by atoms with Gasteiger partial charge in [-0.25, -0.2) is 4.79 Å². The van der Waals surface area contributed by atoms with Crippen molar-refractivity contribution in [1.82, 2.24) is 0 Å². The van der Waals surface area contributed by atoms with Crippen LogP contribution in [0, 0.1) is 0 Å². The van der Waals surface area contributed by atoms with E-state index in [1.165, 1.54) is 6.07 Å². The van der Waals surface area contributed by atoms with Crippen molar-refractivity contribution in [3.63, 3.8) is 0 Å². The number of carboxylic acid groups (broad SMARTS) is 1. The number of alkyl halides is 3. The van der Waals surface area contributed by atoms with Gasteiger partial charge < -0.3 is 10.4 Å². The summed E-state index contributed by atoms with van der Waals surface area (Å²) in [5, 5.41) is 11.7. The van der Waals surface area contributed by atoms with Gasteiger partial charge in [0.25, 0.3) is 0 Å². The summed E-state index contributed by atoms with van der Waals surface area (Å²) >= 11 is 3.12. The summed E-state index contributed by atoms with van der Waals surface area (Å²) < 4.78 is 38.3. The molecule has 0 heterocycles. The zero-order valence-electron chi connectivity index (χ0n) is 10.8. The van der Waals surface area contributed by atoms with Crippen LogP contribution < -0.4 is 5.32 Å². The lowest BCUT2D eigenvalue weighted by atomic mass is 10.1. The molecule has 0 amide bonds. The van der Waals surface area contributed by atoms with Crippen molar-refractivity contribution < 1.29 is 23.1 Å². The summed E-state index contributed by atoms with van der Waals surface area (Å²) in [4.78, 5) is 11.1. The van der Waals surface area contributed by atoms with Crippen molar-refractivity contribution in [2.45, 2.75) is 38.4 Å². The molecule has 1 rings (SSSR count). The zero-order valence-corrected chi connectivity index (χ0v) is 12.4. The molecule has 0 radical (unpaired) electrons. The first-order valence-corrected chi connectivity index (χ1v) is 6.91. The summed E-state index contributed by atoms with van der Waals surface area (Å²) in [5.41, 5.74) is -0.689. The molecule has 0 spiro atoms. The largest absolute Gasteiger partial charge is 0.480 e. The van der Waals surface area contributed by atoms with Gasteiger partial charge in [0.05, 0.1) is 5.56 Å². The number of halogens is 4. The van der Waals surface area contributed by atoms with Gasteiger partial charge in [-0.2, -0.15) is 13.2 Å². The van der Waals surface area contributed by atoms with Crippen LogP contribution in [-0.4, -0.2) is 17.1 Å². The fourth-order valence-corrected chi connectivity index (χ4v) is 2.03. The molecular formula is C13H15BrF3NO2. The molecule has 1 aromatic rings. The molecule has 0 saturated carbocycles. The number of unbranched alkanes of at least 4 members (excludes halogenated alkanes) is 1. The highest BCUT2D eigenvalue weighted by Gasteiger charge is 2.31. The van der Waals surface area contributed by atoms with Gasteiger partial charge in [-0.05, 0) is 40.5 Å². The minimum atomic E-state index is -4.46. The van der Waals surface area contributed by atoms with Gasteiger partial charge in [0, 0.05) is 10.2 Å². The van der Waals surface area contributed by atoms with E-state index in [1.807, 2.05) is 6.92 Å². The maximum Gasteiger partial charge on any atom is 0.416 e. The van der Waals surface area contributed by atoms with Gasteiger partial charge >= 0.3 is 12.1 Å². The lowest BCUT2D eigenvalue weighted by molar-refractivity contribution is -0.138. The minimum absolute atomic E-state index is 0.128. The van der Waals surface area contributed by atoms with E-state index in [-0.39, 0.29) is 5.69 Å². The lowest BCUT2D eigenvalue weighted by Gasteiger charge is -2.18. The van der Waals surface area contributed by atoms with Gasteiger partial charge in [-0.15, -0.1) is 0 Å². The molecule has 1 atom stereocenters. The molecule has 0 aromatic heterocycles. The Morgan fingerprint density at radius 1 is 1.45 bits per heavy atom. The van der Waals surface area contributed by atoms with Crippen LogP contribution in [0.3, 0.4) is 0 Å². The monoisotopic (exact) mass is 353 g/mol. The number of anilines is 1.